The van der Waals surface area contributed by atoms with Gasteiger partial charge in [0.05, 0.1) is 6.61 Å². The molecule has 18 heavy (non-hydrogen) atoms. The summed E-state index contributed by atoms with van der Waals surface area (Å²) in [5.41, 5.74) is 0. The Morgan fingerprint density at radius 1 is 1.44 bits per heavy atom. The molecule has 0 heterocycles. The zero-order valence-electron chi connectivity index (χ0n) is 11.1. The maximum atomic E-state index is 11.9. The van der Waals surface area contributed by atoms with Crippen molar-refractivity contribution in [3.05, 3.63) is 0 Å². The van der Waals surface area contributed by atoms with E-state index < -0.39 is 19.0 Å². The van der Waals surface area contributed by atoms with E-state index in [9.17, 15) is 9.36 Å². The van der Waals surface area contributed by atoms with Crippen LogP contribution in [0.1, 0.15) is 34.1 Å². The van der Waals surface area contributed by atoms with Crippen molar-refractivity contribution in [2.75, 3.05) is 13.2 Å². The molecule has 0 amide bonds. The molecule has 0 spiro atoms. The van der Waals surface area contributed by atoms with Gasteiger partial charge in [0.15, 0.2) is 0 Å². The largest absolute Gasteiger partial charge is 0.476 e. The van der Waals surface area contributed by atoms with Gasteiger partial charge in [-0.3, -0.25) is 4.84 Å². The van der Waals surface area contributed by atoms with Gasteiger partial charge < -0.3 is 9.42 Å². The third-order valence-corrected chi connectivity index (χ3v) is 3.16. The molecule has 0 rings (SSSR count). The number of hydroxylamine groups is 2. The molecule has 0 saturated carbocycles. The first-order chi connectivity index (χ1) is 8.26. The predicted molar refractivity (Wildman–Crippen MR) is 69.0 cm³/mol. The summed E-state index contributed by atoms with van der Waals surface area (Å²) in [6.07, 6.45) is 0.696. The van der Waals surface area contributed by atoms with Crippen molar-refractivity contribution in [2.24, 2.45) is 5.92 Å². The fraction of sp³-hybridized carbons (Fsp3) is 0.900. The molecule has 0 saturated heterocycles. The van der Waals surface area contributed by atoms with Crippen LogP contribution in [0.3, 0.4) is 0 Å². The second-order valence-corrected chi connectivity index (χ2v) is 6.21. The normalized spacial score (nSPS) is 18.2. The number of rotatable bonds is 8. The average Bonchev–Trinajstić information content (AvgIpc) is 2.25. The van der Waals surface area contributed by atoms with Crippen LogP contribution in [-0.4, -0.2) is 35.1 Å². The first-order valence-electron chi connectivity index (χ1n) is 5.92. The van der Waals surface area contributed by atoms with Crippen molar-refractivity contribution in [1.82, 2.24) is 5.06 Å². The Kier molecular flexibility index (Phi) is 8.06. The number of hydrogen-bond acceptors (Lipinski definition) is 5. The van der Waals surface area contributed by atoms with E-state index >= 15 is 0 Å². The summed E-state index contributed by atoms with van der Waals surface area (Å²) < 4.78 is 15.3. The highest BCUT2D eigenvalue weighted by molar-refractivity contribution is 7.80. The molecule has 0 aromatic carbocycles. The Hall–Kier alpha value is -0.130. The minimum atomic E-state index is -4.35. The Balaban J connectivity index is 4.97. The minimum absolute atomic E-state index is 0.0905. The van der Waals surface area contributed by atoms with Gasteiger partial charge in [-0.1, -0.05) is 27.2 Å². The molecule has 108 valence electrons. The number of nitrogens with zero attached hydrogens (tertiary/aromatic N) is 1. The SMILES string of the molecule is CCON(CC)[C@H](C(=O)OP(=O)(O)Cl)[C@@H](C)CC. The lowest BCUT2D eigenvalue weighted by Crippen LogP contribution is -2.45. The van der Waals surface area contributed by atoms with E-state index in [4.69, 9.17) is 21.0 Å². The van der Waals surface area contributed by atoms with Gasteiger partial charge in [0.1, 0.15) is 6.04 Å². The lowest BCUT2D eigenvalue weighted by Gasteiger charge is -2.31. The number of halogens is 1. The van der Waals surface area contributed by atoms with Gasteiger partial charge in [-0.15, -0.1) is 0 Å². The van der Waals surface area contributed by atoms with Crippen molar-refractivity contribution < 1.29 is 23.6 Å². The number of likely N-dealkylation sites (N-methyl/N-ethyl adjacent to an activating group) is 1. The van der Waals surface area contributed by atoms with E-state index in [1.165, 1.54) is 5.06 Å². The summed E-state index contributed by atoms with van der Waals surface area (Å²) in [6, 6.07) is -0.751. The van der Waals surface area contributed by atoms with Crippen molar-refractivity contribution in [1.29, 1.82) is 0 Å². The topological polar surface area (TPSA) is 76.1 Å². The van der Waals surface area contributed by atoms with Crippen molar-refractivity contribution in [2.45, 2.75) is 40.2 Å². The molecule has 0 bridgehead atoms. The number of hydrogen-bond donors (Lipinski definition) is 1. The zero-order valence-corrected chi connectivity index (χ0v) is 12.8. The number of carbonyl (C=O) groups is 1. The van der Waals surface area contributed by atoms with E-state index in [2.05, 4.69) is 4.52 Å². The minimum Gasteiger partial charge on any atom is -0.379 e. The van der Waals surface area contributed by atoms with Crippen LogP contribution in [-0.2, 0) is 18.7 Å². The molecule has 0 aromatic heterocycles. The van der Waals surface area contributed by atoms with Crippen LogP contribution >= 0.6 is 18.2 Å². The first kappa shape index (κ1) is 17.9. The molecule has 8 heteroatoms. The van der Waals surface area contributed by atoms with Crippen molar-refractivity contribution in [3.8, 4) is 0 Å². The third-order valence-electron chi connectivity index (χ3n) is 2.54. The first-order valence-corrected chi connectivity index (χ1v) is 8.40. The summed E-state index contributed by atoms with van der Waals surface area (Å²) in [7, 11) is 0. The van der Waals surface area contributed by atoms with Gasteiger partial charge >= 0.3 is 12.9 Å². The molecule has 1 unspecified atom stereocenters. The maximum Gasteiger partial charge on any atom is 0.476 e. The monoisotopic (exact) mass is 301 g/mol. The molecule has 0 aliphatic heterocycles. The quantitative estimate of drug-likeness (QED) is 0.548. The Morgan fingerprint density at radius 2 is 2.00 bits per heavy atom. The molecule has 6 nitrogen and oxygen atoms in total. The Bertz CT molecular complexity index is 309. The fourth-order valence-electron chi connectivity index (χ4n) is 1.56. The van der Waals surface area contributed by atoms with Crippen LogP contribution < -0.4 is 0 Å². The second-order valence-electron chi connectivity index (χ2n) is 3.84. The lowest BCUT2D eigenvalue weighted by molar-refractivity contribution is -0.201. The molecule has 0 aliphatic carbocycles. The van der Waals surface area contributed by atoms with Crippen LogP contribution in [0.4, 0.5) is 0 Å². The second kappa shape index (κ2) is 8.12. The van der Waals surface area contributed by atoms with Gasteiger partial charge in [0.25, 0.3) is 0 Å². The number of carbonyl (C=O) groups excluding carboxylic acids is 1. The highest BCUT2D eigenvalue weighted by Gasteiger charge is 2.35. The highest BCUT2D eigenvalue weighted by Crippen LogP contribution is 2.48. The molecule has 0 aromatic rings. The molecule has 0 fully saturated rings. The third kappa shape index (κ3) is 6.16. The van der Waals surface area contributed by atoms with Crippen molar-refractivity contribution >= 4 is 24.2 Å². The summed E-state index contributed by atoms with van der Waals surface area (Å²) in [6.45, 7) is 3.85. The molecular formula is C10H21ClNO5P. The van der Waals surface area contributed by atoms with Crippen LogP contribution in [0.5, 0.6) is 0 Å². The smallest absolute Gasteiger partial charge is 0.379 e. The van der Waals surface area contributed by atoms with E-state index in [0.717, 1.165) is 0 Å². The van der Waals surface area contributed by atoms with E-state index in [0.29, 0.717) is 19.6 Å². The van der Waals surface area contributed by atoms with Crippen LogP contribution in [0.25, 0.3) is 0 Å². The van der Waals surface area contributed by atoms with Gasteiger partial charge in [0, 0.05) is 17.8 Å². The summed E-state index contributed by atoms with van der Waals surface area (Å²) in [5, 5.41) is 1.45. The van der Waals surface area contributed by atoms with E-state index in [1.54, 1.807) is 6.92 Å². The fourth-order valence-corrected chi connectivity index (χ4v) is 2.09. The summed E-state index contributed by atoms with van der Waals surface area (Å²) in [4.78, 5) is 26.1. The van der Waals surface area contributed by atoms with Crippen LogP contribution in [0.2, 0.25) is 0 Å². The Labute approximate surface area is 112 Å². The molecule has 1 N–H and O–H groups in total. The summed E-state index contributed by atoms with van der Waals surface area (Å²) >= 11 is 5.05. The van der Waals surface area contributed by atoms with Gasteiger partial charge in [-0.25, -0.2) is 9.36 Å². The van der Waals surface area contributed by atoms with E-state index in [1.807, 2.05) is 20.8 Å². The predicted octanol–water partition coefficient (Wildman–Crippen LogP) is 2.56. The standard InChI is InChI=1S/C10H21ClNO5P/c1-5-8(4)9(12(6-2)16-7-3)10(13)17-18(11,14)15/h8-9H,5-7H2,1-4H3,(H,14,15)/t8-,9-/m0/s1. The highest BCUT2D eigenvalue weighted by atomic mass is 35.7. The van der Waals surface area contributed by atoms with Gasteiger partial charge in [-0.05, 0) is 12.8 Å². The van der Waals surface area contributed by atoms with Crippen molar-refractivity contribution in [3.63, 3.8) is 0 Å². The summed E-state index contributed by atoms with van der Waals surface area (Å²) in [5.74, 6) is -0.937. The van der Waals surface area contributed by atoms with Crippen LogP contribution in [0.15, 0.2) is 0 Å². The lowest BCUT2D eigenvalue weighted by atomic mass is 9.99. The Morgan fingerprint density at radius 3 is 2.33 bits per heavy atom. The molecular weight excluding hydrogens is 281 g/mol. The van der Waals surface area contributed by atoms with E-state index in [-0.39, 0.29) is 5.92 Å². The van der Waals surface area contributed by atoms with Gasteiger partial charge in [0.2, 0.25) is 0 Å². The van der Waals surface area contributed by atoms with Gasteiger partial charge in [-0.2, -0.15) is 5.06 Å². The molecule has 0 aliphatic rings. The zero-order chi connectivity index (χ0) is 14.3. The van der Waals surface area contributed by atoms with Crippen LogP contribution in [0, 0.1) is 5.92 Å². The average molecular weight is 302 g/mol. The maximum absolute atomic E-state index is 11.9. The molecule has 3 atom stereocenters. The molecule has 0 radical (unpaired) electrons.